The van der Waals surface area contributed by atoms with E-state index in [1.807, 2.05) is 13.0 Å². The van der Waals surface area contributed by atoms with Gasteiger partial charge in [0.25, 0.3) is 5.91 Å². The van der Waals surface area contributed by atoms with Crippen LogP contribution < -0.4 is 5.32 Å². The average molecular weight is 254 g/mol. The number of halogens is 1. The molecule has 1 saturated heterocycles. The van der Waals surface area contributed by atoms with Crippen LogP contribution in [0.1, 0.15) is 28.8 Å². The number of amides is 1. The van der Waals surface area contributed by atoms with E-state index in [1.165, 1.54) is 0 Å². The van der Waals surface area contributed by atoms with Gasteiger partial charge in [-0.05, 0) is 37.5 Å². The van der Waals surface area contributed by atoms with E-state index in [0.717, 1.165) is 25.0 Å². The lowest BCUT2D eigenvalue weighted by Gasteiger charge is -2.11. The van der Waals surface area contributed by atoms with Crippen LogP contribution in [-0.4, -0.2) is 25.2 Å². The van der Waals surface area contributed by atoms with Crippen molar-refractivity contribution in [3.63, 3.8) is 0 Å². The summed E-state index contributed by atoms with van der Waals surface area (Å²) in [6.07, 6.45) is 2.25. The standard InChI is InChI=1S/C13H16ClNO2/c1-9-4-5-11(12(14)7-9)13(16)15-8-10-3-2-6-17-10/h4-5,7,10H,2-3,6,8H2,1H3,(H,15,16). The summed E-state index contributed by atoms with van der Waals surface area (Å²) in [6, 6.07) is 5.43. The summed E-state index contributed by atoms with van der Waals surface area (Å²) in [5.74, 6) is -0.134. The fourth-order valence-electron chi connectivity index (χ4n) is 1.91. The highest BCUT2D eigenvalue weighted by atomic mass is 35.5. The summed E-state index contributed by atoms with van der Waals surface area (Å²) in [5, 5.41) is 3.35. The molecule has 2 rings (SSSR count). The second-order valence-electron chi connectivity index (χ2n) is 4.33. The van der Waals surface area contributed by atoms with Crippen molar-refractivity contribution in [2.45, 2.75) is 25.9 Å². The molecule has 1 fully saturated rings. The van der Waals surface area contributed by atoms with Crippen LogP contribution in [-0.2, 0) is 4.74 Å². The number of benzene rings is 1. The van der Waals surface area contributed by atoms with Gasteiger partial charge >= 0.3 is 0 Å². The van der Waals surface area contributed by atoms with Gasteiger partial charge in [0.2, 0.25) is 0 Å². The van der Waals surface area contributed by atoms with Gasteiger partial charge in [-0.1, -0.05) is 17.7 Å². The van der Waals surface area contributed by atoms with Gasteiger partial charge in [0.1, 0.15) is 0 Å². The average Bonchev–Trinajstić information content (AvgIpc) is 2.78. The van der Waals surface area contributed by atoms with Crippen molar-refractivity contribution in [1.82, 2.24) is 5.32 Å². The Kier molecular flexibility index (Phi) is 4.02. The first kappa shape index (κ1) is 12.4. The molecule has 0 saturated carbocycles. The Labute approximate surface area is 106 Å². The SMILES string of the molecule is Cc1ccc(C(=O)NCC2CCCO2)c(Cl)c1. The van der Waals surface area contributed by atoms with Crippen molar-refractivity contribution in [3.8, 4) is 0 Å². The van der Waals surface area contributed by atoms with E-state index >= 15 is 0 Å². The van der Waals surface area contributed by atoms with Crippen LogP contribution in [0.2, 0.25) is 5.02 Å². The molecule has 92 valence electrons. The molecule has 0 bridgehead atoms. The van der Waals surface area contributed by atoms with Gasteiger partial charge in [-0.25, -0.2) is 0 Å². The van der Waals surface area contributed by atoms with Crippen molar-refractivity contribution in [2.24, 2.45) is 0 Å². The van der Waals surface area contributed by atoms with Gasteiger partial charge in [-0.15, -0.1) is 0 Å². The van der Waals surface area contributed by atoms with Crippen LogP contribution in [0, 0.1) is 6.92 Å². The van der Waals surface area contributed by atoms with Crippen LogP contribution in [0.25, 0.3) is 0 Å². The number of aryl methyl sites for hydroxylation is 1. The van der Waals surface area contributed by atoms with Crippen LogP contribution in [0.15, 0.2) is 18.2 Å². The maximum atomic E-state index is 11.9. The van der Waals surface area contributed by atoms with Crippen molar-refractivity contribution in [1.29, 1.82) is 0 Å². The molecule has 1 atom stereocenters. The molecule has 3 nitrogen and oxygen atoms in total. The number of hydrogen-bond acceptors (Lipinski definition) is 2. The van der Waals surface area contributed by atoms with Crippen LogP contribution >= 0.6 is 11.6 Å². The normalized spacial score (nSPS) is 19.3. The molecule has 1 heterocycles. The van der Waals surface area contributed by atoms with Gasteiger partial charge in [-0.3, -0.25) is 4.79 Å². The first-order valence-electron chi connectivity index (χ1n) is 5.83. The van der Waals surface area contributed by atoms with Gasteiger partial charge < -0.3 is 10.1 Å². The molecular formula is C13H16ClNO2. The molecule has 0 aromatic heterocycles. The minimum atomic E-state index is -0.134. The molecule has 1 aromatic carbocycles. The van der Waals surface area contributed by atoms with Crippen molar-refractivity contribution >= 4 is 17.5 Å². The highest BCUT2D eigenvalue weighted by Gasteiger charge is 2.17. The van der Waals surface area contributed by atoms with Crippen molar-refractivity contribution < 1.29 is 9.53 Å². The summed E-state index contributed by atoms with van der Waals surface area (Å²) in [4.78, 5) is 11.9. The Balaban J connectivity index is 1.94. The fourth-order valence-corrected chi connectivity index (χ4v) is 2.23. The zero-order chi connectivity index (χ0) is 12.3. The number of hydrogen-bond donors (Lipinski definition) is 1. The maximum Gasteiger partial charge on any atom is 0.252 e. The number of rotatable bonds is 3. The van der Waals surface area contributed by atoms with E-state index in [9.17, 15) is 4.79 Å². The van der Waals surface area contributed by atoms with Crippen LogP contribution in [0.4, 0.5) is 0 Å². The zero-order valence-electron chi connectivity index (χ0n) is 9.83. The summed E-state index contributed by atoms with van der Waals surface area (Å²) < 4.78 is 5.44. The monoisotopic (exact) mass is 253 g/mol. The van der Waals surface area contributed by atoms with E-state index in [-0.39, 0.29) is 12.0 Å². The Morgan fingerprint density at radius 3 is 3.06 bits per heavy atom. The highest BCUT2D eigenvalue weighted by molar-refractivity contribution is 6.33. The lowest BCUT2D eigenvalue weighted by Crippen LogP contribution is -2.31. The molecule has 0 radical (unpaired) electrons. The third kappa shape index (κ3) is 3.20. The Morgan fingerprint density at radius 2 is 2.41 bits per heavy atom. The van der Waals surface area contributed by atoms with Gasteiger partial charge in [-0.2, -0.15) is 0 Å². The second kappa shape index (κ2) is 5.52. The summed E-state index contributed by atoms with van der Waals surface area (Å²) in [5.41, 5.74) is 1.57. The lowest BCUT2D eigenvalue weighted by atomic mass is 10.1. The first-order chi connectivity index (χ1) is 8.16. The molecule has 1 aliphatic rings. The van der Waals surface area contributed by atoms with Gasteiger partial charge in [0.05, 0.1) is 16.7 Å². The van der Waals surface area contributed by atoms with Crippen LogP contribution in [0.5, 0.6) is 0 Å². The van der Waals surface area contributed by atoms with E-state index in [4.69, 9.17) is 16.3 Å². The van der Waals surface area contributed by atoms with Crippen LogP contribution in [0.3, 0.4) is 0 Å². The molecule has 1 unspecified atom stereocenters. The van der Waals surface area contributed by atoms with Crippen molar-refractivity contribution in [2.75, 3.05) is 13.2 Å². The molecule has 4 heteroatoms. The number of ether oxygens (including phenoxy) is 1. The van der Waals surface area contributed by atoms with E-state index < -0.39 is 0 Å². The number of nitrogens with one attached hydrogen (secondary N) is 1. The minimum Gasteiger partial charge on any atom is -0.376 e. The van der Waals surface area contributed by atoms with E-state index in [0.29, 0.717) is 17.1 Å². The summed E-state index contributed by atoms with van der Waals surface area (Å²) in [6.45, 7) is 3.30. The van der Waals surface area contributed by atoms with E-state index in [1.54, 1.807) is 12.1 Å². The zero-order valence-corrected chi connectivity index (χ0v) is 10.6. The molecule has 1 amide bonds. The maximum absolute atomic E-state index is 11.9. The molecule has 1 aliphatic heterocycles. The summed E-state index contributed by atoms with van der Waals surface area (Å²) in [7, 11) is 0. The Bertz CT molecular complexity index is 414. The Morgan fingerprint density at radius 1 is 1.59 bits per heavy atom. The third-order valence-electron chi connectivity index (χ3n) is 2.88. The highest BCUT2D eigenvalue weighted by Crippen LogP contribution is 2.17. The topological polar surface area (TPSA) is 38.3 Å². The molecule has 0 spiro atoms. The molecule has 0 aliphatic carbocycles. The molecule has 1 aromatic rings. The van der Waals surface area contributed by atoms with Crippen molar-refractivity contribution in [3.05, 3.63) is 34.3 Å². The molecule has 1 N–H and O–H groups in total. The third-order valence-corrected chi connectivity index (χ3v) is 3.20. The van der Waals surface area contributed by atoms with Gasteiger partial charge in [0.15, 0.2) is 0 Å². The molecular weight excluding hydrogens is 238 g/mol. The first-order valence-corrected chi connectivity index (χ1v) is 6.20. The predicted molar refractivity (Wildman–Crippen MR) is 67.5 cm³/mol. The van der Waals surface area contributed by atoms with E-state index in [2.05, 4.69) is 5.32 Å². The lowest BCUT2D eigenvalue weighted by molar-refractivity contribution is 0.0858. The second-order valence-corrected chi connectivity index (χ2v) is 4.74. The predicted octanol–water partition coefficient (Wildman–Crippen LogP) is 2.56. The number of carbonyl (C=O) groups excluding carboxylic acids is 1. The molecule has 17 heavy (non-hydrogen) atoms. The van der Waals surface area contributed by atoms with Gasteiger partial charge in [0, 0.05) is 13.2 Å². The quantitative estimate of drug-likeness (QED) is 0.899. The summed E-state index contributed by atoms with van der Waals surface area (Å²) >= 11 is 6.03. The smallest absolute Gasteiger partial charge is 0.252 e. The Hall–Kier alpha value is -1.06. The fraction of sp³-hybridized carbons (Fsp3) is 0.462. The minimum absolute atomic E-state index is 0.134. The largest absolute Gasteiger partial charge is 0.376 e. The number of carbonyl (C=O) groups is 1.